The standard InChI is InChI=1S/C25H27N3O4S/c1-2-3-17-26-25(29)28-33(30,31)24-15-11-22(12-16-24)27-18-20-9-13-23(14-10-20)32-19-21-7-5-4-6-8-21/h4-16,18H,2-3,17,19H2,1H3,(H2,26,28,29). The maximum absolute atomic E-state index is 12.3. The summed E-state index contributed by atoms with van der Waals surface area (Å²) in [6.45, 7) is 2.90. The van der Waals surface area contributed by atoms with Gasteiger partial charge in [-0.05, 0) is 66.1 Å². The smallest absolute Gasteiger partial charge is 0.328 e. The zero-order valence-electron chi connectivity index (χ0n) is 18.4. The number of amides is 2. The average Bonchev–Trinajstić information content (AvgIpc) is 2.83. The lowest BCUT2D eigenvalue weighted by atomic mass is 10.2. The third-order valence-electron chi connectivity index (χ3n) is 4.68. The van der Waals surface area contributed by atoms with Gasteiger partial charge in [-0.1, -0.05) is 43.7 Å². The molecular weight excluding hydrogens is 438 g/mol. The number of sulfonamides is 1. The van der Waals surface area contributed by atoms with Gasteiger partial charge in [-0.3, -0.25) is 4.99 Å². The molecule has 0 aliphatic carbocycles. The van der Waals surface area contributed by atoms with E-state index in [1.807, 2.05) is 66.2 Å². The Kier molecular flexibility index (Phi) is 8.60. The maximum atomic E-state index is 12.3. The van der Waals surface area contributed by atoms with E-state index in [9.17, 15) is 13.2 Å². The molecule has 8 heteroatoms. The summed E-state index contributed by atoms with van der Waals surface area (Å²) in [5, 5.41) is 2.52. The Balaban J connectivity index is 1.54. The summed E-state index contributed by atoms with van der Waals surface area (Å²) in [6, 6.07) is 22.7. The van der Waals surface area contributed by atoms with Crippen LogP contribution in [0.1, 0.15) is 30.9 Å². The molecule has 0 heterocycles. The third-order valence-corrected chi connectivity index (χ3v) is 6.03. The molecule has 0 spiro atoms. The van der Waals surface area contributed by atoms with E-state index in [2.05, 4.69) is 10.3 Å². The van der Waals surface area contributed by atoms with Gasteiger partial charge in [-0.25, -0.2) is 17.9 Å². The van der Waals surface area contributed by atoms with E-state index in [4.69, 9.17) is 4.74 Å². The van der Waals surface area contributed by atoms with Gasteiger partial charge in [0.25, 0.3) is 10.0 Å². The lowest BCUT2D eigenvalue weighted by molar-refractivity contribution is 0.245. The predicted molar refractivity (Wildman–Crippen MR) is 130 cm³/mol. The molecule has 33 heavy (non-hydrogen) atoms. The van der Waals surface area contributed by atoms with Crippen molar-refractivity contribution in [2.24, 2.45) is 4.99 Å². The Bertz CT molecular complexity index is 1160. The number of rotatable bonds is 10. The van der Waals surface area contributed by atoms with Gasteiger partial charge < -0.3 is 10.1 Å². The summed E-state index contributed by atoms with van der Waals surface area (Å²) in [6.07, 6.45) is 3.37. The Morgan fingerprint density at radius 3 is 2.33 bits per heavy atom. The monoisotopic (exact) mass is 465 g/mol. The number of nitrogens with zero attached hydrogens (tertiary/aromatic N) is 1. The molecule has 0 aliphatic heterocycles. The number of nitrogens with one attached hydrogen (secondary N) is 2. The Morgan fingerprint density at radius 1 is 0.970 bits per heavy atom. The van der Waals surface area contributed by atoms with Crippen LogP contribution in [0.15, 0.2) is 88.8 Å². The lowest BCUT2D eigenvalue weighted by Crippen LogP contribution is -2.39. The predicted octanol–water partition coefficient (Wildman–Crippen LogP) is 4.80. The van der Waals surface area contributed by atoms with E-state index < -0.39 is 16.1 Å². The van der Waals surface area contributed by atoms with Crippen molar-refractivity contribution in [3.05, 3.63) is 90.0 Å². The topological polar surface area (TPSA) is 96.9 Å². The van der Waals surface area contributed by atoms with Crippen LogP contribution in [0.3, 0.4) is 0 Å². The van der Waals surface area contributed by atoms with Crippen LogP contribution in [0, 0.1) is 0 Å². The molecule has 0 saturated heterocycles. The second kappa shape index (κ2) is 11.8. The largest absolute Gasteiger partial charge is 0.489 e. The summed E-state index contributed by atoms with van der Waals surface area (Å²) in [5.74, 6) is 0.761. The van der Waals surface area contributed by atoms with Crippen LogP contribution in [0.25, 0.3) is 0 Å². The molecule has 0 radical (unpaired) electrons. The number of aliphatic imine (C=N–C) groups is 1. The number of carbonyl (C=O) groups excluding carboxylic acids is 1. The molecule has 2 N–H and O–H groups in total. The lowest BCUT2D eigenvalue weighted by Gasteiger charge is -2.08. The van der Waals surface area contributed by atoms with Crippen molar-refractivity contribution in [2.45, 2.75) is 31.3 Å². The van der Waals surface area contributed by atoms with E-state index >= 15 is 0 Å². The minimum Gasteiger partial charge on any atom is -0.489 e. The second-order valence-electron chi connectivity index (χ2n) is 7.31. The minimum absolute atomic E-state index is 0.00740. The van der Waals surface area contributed by atoms with Crippen molar-refractivity contribution in [3.8, 4) is 5.75 Å². The van der Waals surface area contributed by atoms with Crippen molar-refractivity contribution in [3.63, 3.8) is 0 Å². The highest BCUT2D eigenvalue weighted by Gasteiger charge is 2.17. The number of hydrogen-bond donors (Lipinski definition) is 2. The SMILES string of the molecule is CCCCNC(=O)NS(=O)(=O)c1ccc(N=Cc2ccc(OCc3ccccc3)cc2)cc1. The van der Waals surface area contributed by atoms with Gasteiger partial charge in [-0.15, -0.1) is 0 Å². The third kappa shape index (κ3) is 7.76. The molecule has 172 valence electrons. The molecule has 3 aromatic rings. The van der Waals surface area contributed by atoms with E-state index in [-0.39, 0.29) is 4.90 Å². The van der Waals surface area contributed by atoms with Gasteiger partial charge in [0.15, 0.2) is 0 Å². The highest BCUT2D eigenvalue weighted by molar-refractivity contribution is 7.90. The summed E-state index contributed by atoms with van der Waals surface area (Å²) < 4.78 is 32.4. The van der Waals surface area contributed by atoms with Crippen LogP contribution in [-0.4, -0.2) is 27.2 Å². The van der Waals surface area contributed by atoms with Crippen LogP contribution >= 0.6 is 0 Å². The number of hydrogen-bond acceptors (Lipinski definition) is 5. The fraction of sp³-hybridized carbons (Fsp3) is 0.200. The zero-order chi connectivity index (χ0) is 23.5. The molecule has 2 amide bonds. The Morgan fingerprint density at radius 2 is 1.67 bits per heavy atom. The first-order valence-corrected chi connectivity index (χ1v) is 12.2. The average molecular weight is 466 g/mol. The van der Waals surface area contributed by atoms with E-state index in [0.717, 1.165) is 29.7 Å². The quantitative estimate of drug-likeness (QED) is 0.332. The molecule has 0 bridgehead atoms. The highest BCUT2D eigenvalue weighted by atomic mass is 32.2. The molecule has 0 atom stereocenters. The van der Waals surface area contributed by atoms with Crippen molar-refractivity contribution in [1.82, 2.24) is 10.0 Å². The van der Waals surface area contributed by atoms with Crippen LogP contribution in [0.4, 0.5) is 10.5 Å². The van der Waals surface area contributed by atoms with Crippen LogP contribution < -0.4 is 14.8 Å². The van der Waals surface area contributed by atoms with Gasteiger partial charge in [0.05, 0.1) is 10.6 Å². The fourth-order valence-electron chi connectivity index (χ4n) is 2.85. The summed E-state index contributed by atoms with van der Waals surface area (Å²) >= 11 is 0. The molecule has 0 fully saturated rings. The van der Waals surface area contributed by atoms with E-state index in [0.29, 0.717) is 18.8 Å². The summed E-state index contributed by atoms with van der Waals surface area (Å²) in [7, 11) is -3.94. The summed E-state index contributed by atoms with van der Waals surface area (Å²) in [5.41, 5.74) is 2.57. The van der Waals surface area contributed by atoms with Gasteiger partial charge in [0.2, 0.25) is 0 Å². The number of benzene rings is 3. The molecule has 0 aliphatic rings. The zero-order valence-corrected chi connectivity index (χ0v) is 19.2. The fourth-order valence-corrected chi connectivity index (χ4v) is 3.78. The Hall–Kier alpha value is -3.65. The Labute approximate surface area is 194 Å². The van der Waals surface area contributed by atoms with Crippen molar-refractivity contribution in [1.29, 1.82) is 0 Å². The number of carbonyl (C=O) groups is 1. The number of urea groups is 1. The molecule has 3 aromatic carbocycles. The van der Waals surface area contributed by atoms with Gasteiger partial charge in [-0.2, -0.15) is 0 Å². The normalized spacial score (nSPS) is 11.3. The van der Waals surface area contributed by atoms with Crippen molar-refractivity contribution in [2.75, 3.05) is 6.54 Å². The first kappa shape index (κ1) is 24.0. The minimum atomic E-state index is -3.94. The summed E-state index contributed by atoms with van der Waals surface area (Å²) in [4.78, 5) is 16.1. The van der Waals surface area contributed by atoms with Gasteiger partial charge >= 0.3 is 6.03 Å². The van der Waals surface area contributed by atoms with Crippen LogP contribution in [-0.2, 0) is 16.6 Å². The van der Waals surface area contributed by atoms with Crippen LogP contribution in [0.2, 0.25) is 0 Å². The van der Waals surface area contributed by atoms with Gasteiger partial charge in [0.1, 0.15) is 12.4 Å². The first-order chi connectivity index (χ1) is 16.0. The molecule has 7 nitrogen and oxygen atoms in total. The molecular formula is C25H27N3O4S. The highest BCUT2D eigenvalue weighted by Crippen LogP contribution is 2.18. The molecule has 3 rings (SSSR count). The molecule has 0 unspecified atom stereocenters. The van der Waals surface area contributed by atoms with Crippen molar-refractivity contribution >= 4 is 28.0 Å². The first-order valence-electron chi connectivity index (χ1n) is 10.7. The van der Waals surface area contributed by atoms with Crippen molar-refractivity contribution < 1.29 is 17.9 Å². The van der Waals surface area contributed by atoms with Gasteiger partial charge in [0, 0.05) is 12.8 Å². The van der Waals surface area contributed by atoms with E-state index in [1.54, 1.807) is 18.3 Å². The molecule has 0 aromatic heterocycles. The number of ether oxygens (including phenoxy) is 1. The van der Waals surface area contributed by atoms with Crippen LogP contribution in [0.5, 0.6) is 5.75 Å². The second-order valence-corrected chi connectivity index (χ2v) is 8.99. The number of unbranched alkanes of at least 4 members (excludes halogenated alkanes) is 1. The van der Waals surface area contributed by atoms with E-state index in [1.165, 1.54) is 12.1 Å². The maximum Gasteiger partial charge on any atom is 0.328 e. The molecule has 0 saturated carbocycles.